The maximum atomic E-state index is 9.95. The van der Waals surface area contributed by atoms with Gasteiger partial charge in [-0.1, -0.05) is 17.7 Å². The van der Waals surface area contributed by atoms with Crippen LogP contribution in [-0.2, 0) is 0 Å². The maximum absolute atomic E-state index is 9.95. The SMILES string of the molecule is Cc1ccc(NC(N)=NCC(O)c2ccncc2)cc1.I. The number of nitrogens with two attached hydrogens (primary N) is 1. The van der Waals surface area contributed by atoms with E-state index in [1.54, 1.807) is 24.5 Å². The van der Waals surface area contributed by atoms with E-state index in [-0.39, 0.29) is 36.5 Å². The first kappa shape index (κ1) is 17.4. The van der Waals surface area contributed by atoms with Crippen molar-refractivity contribution in [1.29, 1.82) is 0 Å². The van der Waals surface area contributed by atoms with Crippen LogP contribution in [0, 0.1) is 6.92 Å². The van der Waals surface area contributed by atoms with Crippen LogP contribution in [0.4, 0.5) is 5.69 Å². The molecule has 2 rings (SSSR count). The van der Waals surface area contributed by atoms with E-state index in [4.69, 9.17) is 5.73 Å². The Bertz CT molecular complexity index is 572. The Morgan fingerprint density at radius 1 is 1.24 bits per heavy atom. The number of nitrogens with one attached hydrogen (secondary N) is 1. The summed E-state index contributed by atoms with van der Waals surface area (Å²) in [6, 6.07) is 11.3. The largest absolute Gasteiger partial charge is 0.386 e. The number of guanidine groups is 1. The lowest BCUT2D eigenvalue weighted by molar-refractivity contribution is 0.187. The van der Waals surface area contributed by atoms with E-state index in [1.165, 1.54) is 5.56 Å². The zero-order valence-corrected chi connectivity index (χ0v) is 14.1. The fourth-order valence-corrected chi connectivity index (χ4v) is 1.70. The molecule has 5 nitrogen and oxygen atoms in total. The zero-order chi connectivity index (χ0) is 14.4. The van der Waals surface area contributed by atoms with Crippen LogP contribution < -0.4 is 11.1 Å². The second kappa shape index (κ2) is 8.58. The lowest BCUT2D eigenvalue weighted by Gasteiger charge is -2.09. The summed E-state index contributed by atoms with van der Waals surface area (Å²) in [5, 5.41) is 12.9. The lowest BCUT2D eigenvalue weighted by atomic mass is 10.1. The molecule has 21 heavy (non-hydrogen) atoms. The van der Waals surface area contributed by atoms with Crippen LogP contribution in [0.2, 0.25) is 0 Å². The molecule has 0 aliphatic rings. The molecule has 1 heterocycles. The summed E-state index contributed by atoms with van der Waals surface area (Å²) in [5.41, 5.74) is 8.61. The monoisotopic (exact) mass is 398 g/mol. The Kier molecular flexibility index (Phi) is 7.10. The molecule has 0 bridgehead atoms. The van der Waals surface area contributed by atoms with Gasteiger partial charge < -0.3 is 16.2 Å². The first-order valence-corrected chi connectivity index (χ1v) is 6.37. The van der Waals surface area contributed by atoms with E-state index >= 15 is 0 Å². The van der Waals surface area contributed by atoms with E-state index in [9.17, 15) is 5.11 Å². The highest BCUT2D eigenvalue weighted by Crippen LogP contribution is 2.11. The van der Waals surface area contributed by atoms with Gasteiger partial charge in [-0.2, -0.15) is 0 Å². The molecule has 0 saturated heterocycles. The topological polar surface area (TPSA) is 83.5 Å². The van der Waals surface area contributed by atoms with Gasteiger partial charge in [0.15, 0.2) is 5.96 Å². The number of anilines is 1. The highest BCUT2D eigenvalue weighted by Gasteiger charge is 2.06. The fourth-order valence-electron chi connectivity index (χ4n) is 1.70. The van der Waals surface area contributed by atoms with Crippen LogP contribution in [0.5, 0.6) is 0 Å². The van der Waals surface area contributed by atoms with E-state index in [1.807, 2.05) is 31.2 Å². The number of rotatable bonds is 4. The van der Waals surface area contributed by atoms with Gasteiger partial charge in [0, 0.05) is 18.1 Å². The van der Waals surface area contributed by atoms with Crippen molar-refractivity contribution < 1.29 is 5.11 Å². The van der Waals surface area contributed by atoms with Gasteiger partial charge in [-0.3, -0.25) is 9.98 Å². The Labute approximate surface area is 141 Å². The normalized spacial score (nSPS) is 12.4. The Morgan fingerprint density at radius 2 is 1.86 bits per heavy atom. The molecule has 112 valence electrons. The number of aliphatic hydroxyl groups is 1. The number of aromatic nitrogens is 1. The number of hydrogen-bond acceptors (Lipinski definition) is 3. The van der Waals surface area contributed by atoms with Gasteiger partial charge in [-0.15, -0.1) is 24.0 Å². The summed E-state index contributed by atoms with van der Waals surface area (Å²) in [6.07, 6.45) is 2.59. The second-order valence-electron chi connectivity index (χ2n) is 4.51. The van der Waals surface area contributed by atoms with E-state index < -0.39 is 6.10 Å². The molecule has 1 atom stereocenters. The van der Waals surface area contributed by atoms with E-state index in [0.717, 1.165) is 11.3 Å². The van der Waals surface area contributed by atoms with Crippen LogP contribution in [0.1, 0.15) is 17.2 Å². The van der Waals surface area contributed by atoms with Crippen LogP contribution in [0.3, 0.4) is 0 Å². The molecular formula is C15H19IN4O. The zero-order valence-electron chi connectivity index (χ0n) is 11.7. The minimum absolute atomic E-state index is 0. The summed E-state index contributed by atoms with van der Waals surface area (Å²) in [5.74, 6) is 0.280. The smallest absolute Gasteiger partial charge is 0.193 e. The number of hydrogen-bond donors (Lipinski definition) is 3. The standard InChI is InChI=1S/C15H18N4O.HI/c1-11-2-4-13(5-3-11)19-15(16)18-10-14(20)12-6-8-17-9-7-12;/h2-9,14,20H,10H2,1H3,(H3,16,18,19);1H. The van der Waals surface area contributed by atoms with Crippen LogP contribution in [-0.4, -0.2) is 22.6 Å². The Morgan fingerprint density at radius 3 is 2.48 bits per heavy atom. The highest BCUT2D eigenvalue weighted by molar-refractivity contribution is 14.0. The molecule has 0 fully saturated rings. The first-order valence-electron chi connectivity index (χ1n) is 6.37. The fraction of sp³-hybridized carbons (Fsp3) is 0.200. The molecular weight excluding hydrogens is 379 g/mol. The molecule has 0 amide bonds. The van der Waals surface area contributed by atoms with Gasteiger partial charge in [-0.05, 0) is 36.8 Å². The number of aryl methyl sites for hydroxylation is 1. The van der Waals surface area contributed by atoms with E-state index in [2.05, 4.69) is 15.3 Å². The van der Waals surface area contributed by atoms with E-state index in [0.29, 0.717) is 0 Å². The van der Waals surface area contributed by atoms with Gasteiger partial charge in [-0.25, -0.2) is 0 Å². The van der Waals surface area contributed by atoms with Crippen molar-refractivity contribution >= 4 is 35.6 Å². The number of benzene rings is 1. The third-order valence-electron chi connectivity index (χ3n) is 2.85. The van der Waals surface area contributed by atoms with Gasteiger partial charge in [0.1, 0.15) is 0 Å². The van der Waals surface area contributed by atoms with Crippen molar-refractivity contribution in [3.63, 3.8) is 0 Å². The van der Waals surface area contributed by atoms with Crippen molar-refractivity contribution in [3.8, 4) is 0 Å². The third-order valence-corrected chi connectivity index (χ3v) is 2.85. The van der Waals surface area contributed by atoms with Crippen LogP contribution >= 0.6 is 24.0 Å². The molecule has 1 aromatic carbocycles. The van der Waals surface area contributed by atoms with Crippen LogP contribution in [0.25, 0.3) is 0 Å². The van der Waals surface area contributed by atoms with Gasteiger partial charge in [0.2, 0.25) is 0 Å². The average molecular weight is 398 g/mol. The molecule has 1 aromatic heterocycles. The first-order chi connectivity index (χ1) is 9.65. The predicted octanol–water partition coefficient (Wildman–Crippen LogP) is 2.47. The molecule has 1 unspecified atom stereocenters. The lowest BCUT2D eigenvalue weighted by Crippen LogP contribution is -2.23. The van der Waals surface area contributed by atoms with Crippen molar-refractivity contribution in [2.24, 2.45) is 10.7 Å². The predicted molar refractivity (Wildman–Crippen MR) is 95.9 cm³/mol. The van der Waals surface area contributed by atoms with Gasteiger partial charge in [0.25, 0.3) is 0 Å². The maximum Gasteiger partial charge on any atom is 0.193 e. The molecule has 2 aromatic rings. The molecule has 4 N–H and O–H groups in total. The molecule has 6 heteroatoms. The van der Waals surface area contributed by atoms with Crippen molar-refractivity contribution in [2.45, 2.75) is 13.0 Å². The Hall–Kier alpha value is -1.67. The number of halogens is 1. The third kappa shape index (κ3) is 5.68. The summed E-state index contributed by atoms with van der Waals surface area (Å²) in [6.45, 7) is 2.22. The van der Waals surface area contributed by atoms with Crippen LogP contribution in [0.15, 0.2) is 53.8 Å². The minimum Gasteiger partial charge on any atom is -0.386 e. The quantitative estimate of drug-likeness (QED) is 0.420. The minimum atomic E-state index is -0.684. The highest BCUT2D eigenvalue weighted by atomic mass is 127. The molecule has 0 aliphatic carbocycles. The second-order valence-corrected chi connectivity index (χ2v) is 4.51. The van der Waals surface area contributed by atoms with Gasteiger partial charge >= 0.3 is 0 Å². The number of aliphatic hydroxyl groups excluding tert-OH is 1. The Balaban J connectivity index is 0.00000220. The van der Waals surface area contributed by atoms with Crippen molar-refractivity contribution in [3.05, 3.63) is 59.9 Å². The molecule has 0 radical (unpaired) electrons. The molecule has 0 spiro atoms. The summed E-state index contributed by atoms with van der Waals surface area (Å²) < 4.78 is 0. The average Bonchev–Trinajstić information content (AvgIpc) is 2.48. The number of pyridine rings is 1. The number of nitrogens with zero attached hydrogens (tertiary/aromatic N) is 2. The van der Waals surface area contributed by atoms with Crippen molar-refractivity contribution in [1.82, 2.24) is 4.98 Å². The summed E-state index contributed by atoms with van der Waals surface area (Å²) >= 11 is 0. The van der Waals surface area contributed by atoms with Gasteiger partial charge in [0.05, 0.1) is 12.6 Å². The molecule has 0 saturated carbocycles. The van der Waals surface area contributed by atoms with Crippen molar-refractivity contribution in [2.75, 3.05) is 11.9 Å². The number of aliphatic imine (C=N–C) groups is 1. The summed E-state index contributed by atoms with van der Waals surface area (Å²) in [4.78, 5) is 8.03. The summed E-state index contributed by atoms with van der Waals surface area (Å²) in [7, 11) is 0. The molecule has 0 aliphatic heterocycles.